The van der Waals surface area contributed by atoms with Crippen molar-refractivity contribution in [3.8, 4) is 11.9 Å². The van der Waals surface area contributed by atoms with E-state index in [1.165, 1.54) is 18.4 Å². The van der Waals surface area contributed by atoms with E-state index in [1.807, 2.05) is 30.3 Å². The van der Waals surface area contributed by atoms with Crippen LogP contribution in [0.15, 0.2) is 36.4 Å². The Morgan fingerprint density at radius 3 is 2.69 bits per heavy atom. The van der Waals surface area contributed by atoms with E-state index in [9.17, 15) is 4.79 Å². The molecule has 0 saturated heterocycles. The molecule has 3 aromatic rings. The van der Waals surface area contributed by atoms with Gasteiger partial charge in [-0.1, -0.05) is 29.5 Å². The van der Waals surface area contributed by atoms with Crippen molar-refractivity contribution in [3.05, 3.63) is 47.0 Å². The summed E-state index contributed by atoms with van der Waals surface area (Å²) in [7, 11) is 3.08. The van der Waals surface area contributed by atoms with Gasteiger partial charge in [-0.2, -0.15) is 9.97 Å². The summed E-state index contributed by atoms with van der Waals surface area (Å²) in [5, 5.41) is 6.18. The number of aromatic nitrogens is 3. The third-order valence-corrected chi connectivity index (χ3v) is 5.37. The Hall–Kier alpha value is -3.40. The summed E-state index contributed by atoms with van der Waals surface area (Å²) >= 11 is 1.46. The Labute approximate surface area is 171 Å². The Morgan fingerprint density at radius 1 is 1.10 bits per heavy atom. The van der Waals surface area contributed by atoms with Gasteiger partial charge in [-0.05, 0) is 12.1 Å². The van der Waals surface area contributed by atoms with Gasteiger partial charge in [0, 0.05) is 29.6 Å². The molecular weight excluding hydrogens is 392 g/mol. The van der Waals surface area contributed by atoms with Crippen LogP contribution >= 0.6 is 11.3 Å². The predicted molar refractivity (Wildman–Crippen MR) is 111 cm³/mol. The van der Waals surface area contributed by atoms with E-state index in [2.05, 4.69) is 30.5 Å². The van der Waals surface area contributed by atoms with Crippen molar-refractivity contribution >= 4 is 34.0 Å². The molecule has 0 saturated carbocycles. The molecule has 2 N–H and O–H groups in total. The lowest BCUT2D eigenvalue weighted by Gasteiger charge is -2.27. The molecule has 1 aromatic carbocycles. The number of benzene rings is 1. The van der Waals surface area contributed by atoms with Gasteiger partial charge in [0.05, 0.1) is 26.5 Å². The Morgan fingerprint density at radius 2 is 1.93 bits per heavy atom. The van der Waals surface area contributed by atoms with E-state index in [0.717, 1.165) is 35.0 Å². The normalized spacial score (nSPS) is 12.8. The third kappa shape index (κ3) is 4.37. The van der Waals surface area contributed by atoms with Crippen molar-refractivity contribution < 1.29 is 14.3 Å². The highest BCUT2D eigenvalue weighted by atomic mass is 32.1. The molecular formula is C19H20N6O3S. The van der Waals surface area contributed by atoms with E-state index in [0.29, 0.717) is 17.6 Å². The molecule has 0 spiro atoms. The highest BCUT2D eigenvalue weighted by Gasteiger charge is 2.23. The molecule has 0 radical (unpaired) electrons. The maximum Gasteiger partial charge on any atom is 0.325 e. The lowest BCUT2D eigenvalue weighted by molar-refractivity contribution is 0.262. The number of rotatable bonds is 5. The number of carbonyl (C=O) groups is 1. The minimum absolute atomic E-state index is 0.259. The molecule has 9 nitrogen and oxygen atoms in total. The number of hydrogen-bond acceptors (Lipinski definition) is 8. The van der Waals surface area contributed by atoms with Crippen molar-refractivity contribution in [1.82, 2.24) is 15.0 Å². The van der Waals surface area contributed by atoms with Crippen molar-refractivity contribution in [2.24, 2.45) is 0 Å². The molecule has 0 aliphatic carbocycles. The second kappa shape index (κ2) is 8.31. The smallest absolute Gasteiger partial charge is 0.325 e. The number of thiazole rings is 1. The Bertz CT molecular complexity index is 988. The minimum Gasteiger partial charge on any atom is -0.481 e. The predicted octanol–water partition coefficient (Wildman–Crippen LogP) is 3.16. The number of nitrogens with zero attached hydrogens (tertiary/aromatic N) is 4. The zero-order chi connectivity index (χ0) is 20.2. The van der Waals surface area contributed by atoms with Crippen LogP contribution in [0, 0.1) is 0 Å². The van der Waals surface area contributed by atoms with Crippen LogP contribution < -0.4 is 25.0 Å². The molecule has 1 aliphatic rings. The number of carbonyl (C=O) groups excluding carboxylic acids is 1. The van der Waals surface area contributed by atoms with Crippen LogP contribution in [0.4, 0.5) is 21.4 Å². The number of para-hydroxylation sites is 1. The van der Waals surface area contributed by atoms with Crippen LogP contribution in [-0.2, 0) is 13.0 Å². The van der Waals surface area contributed by atoms with Crippen LogP contribution in [0.2, 0.25) is 0 Å². The summed E-state index contributed by atoms with van der Waals surface area (Å²) in [6.07, 6.45) is 0.752. The first kappa shape index (κ1) is 18.9. The number of fused-ring (bicyclic) bond motifs is 1. The average molecular weight is 412 g/mol. The number of anilines is 3. The van der Waals surface area contributed by atoms with Crippen LogP contribution in [0.1, 0.15) is 10.6 Å². The molecule has 0 fully saturated rings. The maximum atomic E-state index is 12.2. The van der Waals surface area contributed by atoms with Gasteiger partial charge in [0.2, 0.25) is 5.88 Å². The fraction of sp³-hybridized carbons (Fsp3) is 0.263. The number of urea groups is 1. The van der Waals surface area contributed by atoms with Gasteiger partial charge >= 0.3 is 12.0 Å². The first-order valence-electron chi connectivity index (χ1n) is 8.98. The Kier molecular flexibility index (Phi) is 5.43. The zero-order valence-electron chi connectivity index (χ0n) is 16.0. The van der Waals surface area contributed by atoms with Gasteiger partial charge in [-0.15, -0.1) is 0 Å². The van der Waals surface area contributed by atoms with E-state index < -0.39 is 0 Å². The topological polar surface area (TPSA) is 102 Å². The summed E-state index contributed by atoms with van der Waals surface area (Å²) in [5.41, 5.74) is 1.72. The number of amides is 2. The molecule has 4 rings (SSSR count). The summed E-state index contributed by atoms with van der Waals surface area (Å²) in [5.74, 6) is 1.17. The maximum absolute atomic E-state index is 12.2. The number of ether oxygens (including phenoxy) is 2. The first-order valence-corrected chi connectivity index (χ1v) is 9.80. The molecule has 150 valence electrons. The Balaban J connectivity index is 1.45. The van der Waals surface area contributed by atoms with Crippen LogP contribution in [0.5, 0.6) is 11.9 Å². The molecule has 29 heavy (non-hydrogen) atoms. The minimum atomic E-state index is -0.315. The van der Waals surface area contributed by atoms with Gasteiger partial charge in [0.15, 0.2) is 5.13 Å². The van der Waals surface area contributed by atoms with Gasteiger partial charge in [0.25, 0.3) is 0 Å². The van der Waals surface area contributed by atoms with Crippen LogP contribution in [-0.4, -0.2) is 41.7 Å². The average Bonchev–Trinajstić information content (AvgIpc) is 3.15. The molecule has 10 heteroatoms. The zero-order valence-corrected chi connectivity index (χ0v) is 16.8. The van der Waals surface area contributed by atoms with Gasteiger partial charge in [-0.25, -0.2) is 9.78 Å². The van der Waals surface area contributed by atoms with Gasteiger partial charge in [0.1, 0.15) is 5.82 Å². The lowest BCUT2D eigenvalue weighted by Crippen LogP contribution is -2.30. The summed E-state index contributed by atoms with van der Waals surface area (Å²) < 4.78 is 10.4. The van der Waals surface area contributed by atoms with Crippen molar-refractivity contribution in [1.29, 1.82) is 0 Å². The lowest BCUT2D eigenvalue weighted by atomic mass is 10.2. The van der Waals surface area contributed by atoms with E-state index >= 15 is 0 Å². The quantitative estimate of drug-likeness (QED) is 0.664. The molecule has 0 bridgehead atoms. The standard InChI is InChI=1S/C19H20N6O3S/c1-27-16-10-15(22-18(23-16)28-2)25-9-8-13-14(11-25)29-19(21-13)24-17(26)20-12-6-4-3-5-7-12/h3-7,10H,8-9,11H2,1-2H3,(H2,20,21,24,26). The SMILES string of the molecule is COc1cc(N2CCc3nc(NC(=O)Nc4ccccc4)sc3C2)nc(OC)n1. The fourth-order valence-electron chi connectivity index (χ4n) is 2.98. The van der Waals surface area contributed by atoms with E-state index in [-0.39, 0.29) is 12.0 Å². The number of methoxy groups -OCH3 is 2. The fourth-order valence-corrected chi connectivity index (χ4v) is 3.99. The number of nitrogens with one attached hydrogen (secondary N) is 2. The van der Waals surface area contributed by atoms with Crippen LogP contribution in [0.25, 0.3) is 0 Å². The highest BCUT2D eigenvalue weighted by molar-refractivity contribution is 7.15. The third-order valence-electron chi connectivity index (χ3n) is 4.37. The summed E-state index contributed by atoms with van der Waals surface area (Å²) in [4.78, 5) is 28.5. The molecule has 1 aliphatic heterocycles. The second-order valence-corrected chi connectivity index (χ2v) is 7.34. The summed E-state index contributed by atoms with van der Waals surface area (Å²) in [6.45, 7) is 1.38. The van der Waals surface area contributed by atoms with E-state index in [1.54, 1.807) is 13.2 Å². The highest BCUT2D eigenvalue weighted by Crippen LogP contribution is 2.31. The van der Waals surface area contributed by atoms with Crippen LogP contribution in [0.3, 0.4) is 0 Å². The van der Waals surface area contributed by atoms with Crippen molar-refractivity contribution in [3.63, 3.8) is 0 Å². The van der Waals surface area contributed by atoms with Crippen molar-refractivity contribution in [2.45, 2.75) is 13.0 Å². The molecule has 2 aromatic heterocycles. The molecule has 3 heterocycles. The monoisotopic (exact) mass is 412 g/mol. The van der Waals surface area contributed by atoms with Gasteiger partial charge in [-0.3, -0.25) is 5.32 Å². The second-order valence-electron chi connectivity index (χ2n) is 6.26. The largest absolute Gasteiger partial charge is 0.481 e. The molecule has 0 atom stereocenters. The van der Waals surface area contributed by atoms with Crippen molar-refractivity contribution in [2.75, 3.05) is 36.3 Å². The molecule has 0 unspecified atom stereocenters. The molecule has 2 amide bonds. The number of hydrogen-bond donors (Lipinski definition) is 2. The summed E-state index contributed by atoms with van der Waals surface area (Å²) in [6, 6.07) is 11.0. The van der Waals surface area contributed by atoms with E-state index in [4.69, 9.17) is 9.47 Å². The first-order chi connectivity index (χ1) is 14.1. The van der Waals surface area contributed by atoms with Gasteiger partial charge < -0.3 is 19.7 Å².